The number of hydrogen-bond donors (Lipinski definition) is 0. The van der Waals surface area contributed by atoms with Crippen LogP contribution in [0.2, 0.25) is 5.02 Å². The molecule has 0 atom stereocenters. The Kier molecular flexibility index (Phi) is 3.19. The average Bonchev–Trinajstić information content (AvgIpc) is 2.15. The minimum atomic E-state index is -0.813. The smallest absolute Gasteiger partial charge is 0.289 e. The summed E-state index contributed by atoms with van der Waals surface area (Å²) in [6.45, 7) is 1.08. The van der Waals surface area contributed by atoms with E-state index in [1.807, 2.05) is 0 Å². The molecule has 0 aliphatic heterocycles. The Hall–Kier alpha value is -2.02. The van der Waals surface area contributed by atoms with E-state index in [1.54, 1.807) is 0 Å². The molecule has 7 nitrogen and oxygen atoms in total. The molecule has 0 amide bonds. The summed E-state index contributed by atoms with van der Waals surface area (Å²) in [6.07, 6.45) is 0. The molecule has 0 saturated carbocycles. The molecule has 1 aromatic carbocycles. The first-order valence-corrected chi connectivity index (χ1v) is 4.35. The molecule has 0 saturated heterocycles. The molecule has 0 heterocycles. The van der Waals surface area contributed by atoms with Crippen LogP contribution < -0.4 is 0 Å². The van der Waals surface area contributed by atoms with Crippen molar-refractivity contribution in [3.8, 4) is 0 Å². The predicted molar refractivity (Wildman–Crippen MR) is 54.8 cm³/mol. The highest BCUT2D eigenvalue weighted by molar-refractivity contribution is 6.33. The maximum atomic E-state index is 11.1. The number of hydrogen-bond acceptors (Lipinski definition) is 5. The maximum absolute atomic E-state index is 11.1. The Morgan fingerprint density at radius 1 is 1.19 bits per heavy atom. The van der Waals surface area contributed by atoms with Gasteiger partial charge in [-0.1, -0.05) is 11.6 Å². The highest BCUT2D eigenvalue weighted by Gasteiger charge is 2.25. The normalized spacial score (nSPS) is 9.88. The molecule has 0 radical (unpaired) electrons. The van der Waals surface area contributed by atoms with Crippen LogP contribution in [-0.2, 0) is 0 Å². The van der Waals surface area contributed by atoms with Gasteiger partial charge in [0, 0.05) is 12.1 Å². The molecule has 8 heteroatoms. The van der Waals surface area contributed by atoms with E-state index in [-0.39, 0.29) is 10.6 Å². The van der Waals surface area contributed by atoms with Gasteiger partial charge in [0.15, 0.2) is 5.78 Å². The van der Waals surface area contributed by atoms with Crippen LogP contribution >= 0.6 is 11.6 Å². The van der Waals surface area contributed by atoms with E-state index < -0.39 is 27.0 Å². The molecule has 84 valence electrons. The summed E-state index contributed by atoms with van der Waals surface area (Å²) in [5, 5.41) is 20.7. The number of halogens is 1. The third-order valence-corrected chi connectivity index (χ3v) is 2.14. The van der Waals surface area contributed by atoms with E-state index in [1.165, 1.54) is 0 Å². The molecule has 0 aliphatic carbocycles. The number of nitro groups is 2. The Bertz CT molecular complexity index is 499. The minimum Gasteiger partial charge on any atom is -0.294 e. The van der Waals surface area contributed by atoms with Gasteiger partial charge in [-0.05, 0) is 6.92 Å². The summed E-state index contributed by atoms with van der Waals surface area (Å²) in [7, 11) is 0. The fraction of sp³-hybridized carbons (Fsp3) is 0.125. The molecule has 1 rings (SSSR count). The van der Waals surface area contributed by atoms with Crippen LogP contribution in [0.3, 0.4) is 0 Å². The number of Topliss-reactive ketones (excluding diaryl/α,β-unsaturated/α-hetero) is 1. The summed E-state index contributed by atoms with van der Waals surface area (Å²) in [4.78, 5) is 30.6. The highest BCUT2D eigenvalue weighted by atomic mass is 35.5. The van der Waals surface area contributed by atoms with Gasteiger partial charge in [0.2, 0.25) is 0 Å². The summed E-state index contributed by atoms with van der Waals surface area (Å²) in [5.74, 6) is -0.633. The largest absolute Gasteiger partial charge is 0.294 e. The molecule has 0 bridgehead atoms. The second-order valence-corrected chi connectivity index (χ2v) is 3.30. The van der Waals surface area contributed by atoms with E-state index in [0.29, 0.717) is 0 Å². The Morgan fingerprint density at radius 2 is 1.69 bits per heavy atom. The van der Waals surface area contributed by atoms with Crippen LogP contribution in [0.15, 0.2) is 12.1 Å². The zero-order valence-electron chi connectivity index (χ0n) is 7.97. The predicted octanol–water partition coefficient (Wildman–Crippen LogP) is 2.36. The van der Waals surface area contributed by atoms with Crippen LogP contribution in [0.1, 0.15) is 17.3 Å². The van der Waals surface area contributed by atoms with Crippen molar-refractivity contribution in [2.75, 3.05) is 0 Å². The van der Waals surface area contributed by atoms with E-state index in [4.69, 9.17) is 11.6 Å². The third-order valence-electron chi connectivity index (χ3n) is 1.84. The van der Waals surface area contributed by atoms with E-state index >= 15 is 0 Å². The highest BCUT2D eigenvalue weighted by Crippen LogP contribution is 2.32. The van der Waals surface area contributed by atoms with Crippen molar-refractivity contribution >= 4 is 28.8 Å². The van der Waals surface area contributed by atoms with Crippen molar-refractivity contribution in [1.82, 2.24) is 0 Å². The molecular formula is C8H5ClN2O5. The lowest BCUT2D eigenvalue weighted by atomic mass is 10.1. The molecule has 0 unspecified atom stereocenters. The Labute approximate surface area is 93.9 Å². The molecule has 0 aliphatic rings. The standard InChI is InChI=1S/C8H5ClN2O5/c1-4(12)5-2-8(11(15)16)6(9)3-7(5)10(13)14/h2-3H,1H3. The first-order chi connectivity index (χ1) is 7.34. The van der Waals surface area contributed by atoms with Crippen LogP contribution in [0.25, 0.3) is 0 Å². The quantitative estimate of drug-likeness (QED) is 0.461. The molecule has 1 aromatic rings. The second kappa shape index (κ2) is 4.23. The molecular weight excluding hydrogens is 240 g/mol. The number of benzene rings is 1. The number of carbonyl (C=O) groups is 1. The van der Waals surface area contributed by atoms with Gasteiger partial charge < -0.3 is 0 Å². The zero-order valence-corrected chi connectivity index (χ0v) is 8.72. The number of nitrogens with zero attached hydrogens (tertiary/aromatic N) is 2. The van der Waals surface area contributed by atoms with Crippen LogP contribution in [0, 0.1) is 20.2 Å². The van der Waals surface area contributed by atoms with Crippen molar-refractivity contribution < 1.29 is 14.6 Å². The molecule has 0 N–H and O–H groups in total. The Balaban J connectivity index is 3.55. The molecule has 16 heavy (non-hydrogen) atoms. The van der Waals surface area contributed by atoms with Crippen molar-refractivity contribution in [3.63, 3.8) is 0 Å². The number of rotatable bonds is 3. The van der Waals surface area contributed by atoms with Gasteiger partial charge in [0.1, 0.15) is 10.6 Å². The number of carbonyl (C=O) groups excluding carboxylic acids is 1. The first-order valence-electron chi connectivity index (χ1n) is 3.98. The Morgan fingerprint density at radius 3 is 2.06 bits per heavy atom. The third kappa shape index (κ3) is 2.14. The van der Waals surface area contributed by atoms with Crippen molar-refractivity contribution in [3.05, 3.63) is 42.9 Å². The number of ketones is 1. The van der Waals surface area contributed by atoms with Gasteiger partial charge in [0.25, 0.3) is 11.4 Å². The van der Waals surface area contributed by atoms with E-state index in [0.717, 1.165) is 19.1 Å². The maximum Gasteiger partial charge on any atom is 0.289 e. The molecule has 0 fully saturated rings. The fourth-order valence-corrected chi connectivity index (χ4v) is 1.35. The summed E-state index contributed by atoms with van der Waals surface area (Å²) < 4.78 is 0. The van der Waals surface area contributed by atoms with Gasteiger partial charge in [-0.15, -0.1) is 0 Å². The summed E-state index contributed by atoms with van der Waals surface area (Å²) >= 11 is 5.49. The molecule has 0 aromatic heterocycles. The van der Waals surface area contributed by atoms with Gasteiger partial charge in [-0.25, -0.2) is 0 Å². The minimum absolute atomic E-state index is 0.332. The summed E-state index contributed by atoms with van der Waals surface area (Å²) in [5.41, 5.74) is -1.40. The lowest BCUT2D eigenvalue weighted by Crippen LogP contribution is -2.02. The SMILES string of the molecule is CC(=O)c1cc([N+](=O)[O-])c(Cl)cc1[N+](=O)[O-]. The van der Waals surface area contributed by atoms with Gasteiger partial charge in [0.05, 0.1) is 9.85 Å². The fourth-order valence-electron chi connectivity index (χ4n) is 1.12. The van der Waals surface area contributed by atoms with Gasteiger partial charge >= 0.3 is 0 Å². The van der Waals surface area contributed by atoms with E-state index in [9.17, 15) is 25.0 Å². The van der Waals surface area contributed by atoms with Crippen molar-refractivity contribution in [2.45, 2.75) is 6.92 Å². The number of nitro benzene ring substituents is 2. The van der Waals surface area contributed by atoms with Crippen LogP contribution in [0.5, 0.6) is 0 Å². The zero-order chi connectivity index (χ0) is 12.5. The van der Waals surface area contributed by atoms with Crippen LogP contribution in [-0.4, -0.2) is 15.6 Å². The molecule has 0 spiro atoms. The van der Waals surface area contributed by atoms with Crippen LogP contribution in [0.4, 0.5) is 11.4 Å². The first kappa shape index (κ1) is 12.1. The van der Waals surface area contributed by atoms with Gasteiger partial charge in [-0.3, -0.25) is 25.0 Å². The topological polar surface area (TPSA) is 103 Å². The van der Waals surface area contributed by atoms with Gasteiger partial charge in [-0.2, -0.15) is 0 Å². The lowest BCUT2D eigenvalue weighted by molar-refractivity contribution is -0.389. The summed E-state index contributed by atoms with van der Waals surface area (Å²) in [6, 6.07) is 1.61. The monoisotopic (exact) mass is 244 g/mol. The van der Waals surface area contributed by atoms with E-state index in [2.05, 4.69) is 0 Å². The lowest BCUT2D eigenvalue weighted by Gasteiger charge is -2.00. The average molecular weight is 245 g/mol. The van der Waals surface area contributed by atoms with Crippen molar-refractivity contribution in [2.24, 2.45) is 0 Å². The second-order valence-electron chi connectivity index (χ2n) is 2.89. The van der Waals surface area contributed by atoms with Crippen molar-refractivity contribution in [1.29, 1.82) is 0 Å².